The van der Waals surface area contributed by atoms with Gasteiger partial charge in [0.2, 0.25) is 5.91 Å². The van der Waals surface area contributed by atoms with E-state index in [0.29, 0.717) is 4.68 Å². The lowest BCUT2D eigenvalue weighted by molar-refractivity contribution is -0.119. The van der Waals surface area contributed by atoms with E-state index in [0.717, 1.165) is 24.3 Å². The average Bonchev–Trinajstić information content (AvgIpc) is 3.44. The molecule has 3 aromatic rings. The lowest BCUT2D eigenvalue weighted by Gasteiger charge is -2.29. The lowest BCUT2D eigenvalue weighted by atomic mass is 10.0. The van der Waals surface area contributed by atoms with Crippen molar-refractivity contribution >= 4 is 29.1 Å². The molecule has 0 atom stereocenters. The molecule has 3 heterocycles. The van der Waals surface area contributed by atoms with Gasteiger partial charge in [0.15, 0.2) is 5.69 Å². The van der Waals surface area contributed by atoms with Crippen LogP contribution in [0.2, 0.25) is 0 Å². The molecule has 2 aromatic carbocycles. The van der Waals surface area contributed by atoms with Gasteiger partial charge in [0.25, 0.3) is 11.8 Å². The Labute approximate surface area is 223 Å². The largest absolute Gasteiger partial charge is 0.497 e. The number of nitrogens with zero attached hydrogens (tertiary/aromatic N) is 4. The fraction of sp³-hybridized carbons (Fsp3) is 0.280. The summed E-state index contributed by atoms with van der Waals surface area (Å²) in [6.07, 6.45) is -15.1. The highest BCUT2D eigenvalue weighted by atomic mass is 16.5. The van der Waals surface area contributed by atoms with E-state index in [1.54, 1.807) is 0 Å². The fourth-order valence-corrected chi connectivity index (χ4v) is 3.13. The maximum Gasteiger partial charge on any atom is 0.277 e. The van der Waals surface area contributed by atoms with Crippen LogP contribution in [-0.2, 0) is 11.2 Å². The van der Waals surface area contributed by atoms with Gasteiger partial charge in [0, 0.05) is 50.0 Å². The monoisotopic (exact) mass is 478 g/mol. The summed E-state index contributed by atoms with van der Waals surface area (Å²) in [7, 11) is -2.87. The van der Waals surface area contributed by atoms with Crippen LogP contribution in [0.15, 0.2) is 48.4 Å². The summed E-state index contributed by atoms with van der Waals surface area (Å²) in [5.74, 6) is -5.41. The average molecular weight is 479 g/mol. The number of carbonyl (C=O) groups is 3. The van der Waals surface area contributed by atoms with Crippen LogP contribution in [0.4, 0.5) is 11.4 Å². The SMILES string of the molecule is [2H]c1c([2H])c(N2C(=O)C([2H])([2H])C([2H])([2H])C([2H])([2H])C2([2H])[2H])c([2H])c([2H])c1N1C(=O)c2c(c(C(N)=O)nn2-c2ccc(OC([2H])([2H])[2H])cc2)C([2H])([2H])C1([2H])[2H]. The van der Waals surface area contributed by atoms with E-state index in [2.05, 4.69) is 5.10 Å². The number of benzene rings is 2. The number of piperidine rings is 1. The molecule has 0 radical (unpaired) electrons. The molecule has 0 spiro atoms. The summed E-state index contributed by atoms with van der Waals surface area (Å²) in [5, 5.41) is 3.90. The number of nitrogens with two attached hydrogens (primary N) is 1. The molecule has 34 heavy (non-hydrogen) atoms. The number of hydrogen-bond donors (Lipinski definition) is 1. The Hall–Kier alpha value is -4.14. The number of hydrogen-bond acceptors (Lipinski definition) is 5. The topological polar surface area (TPSA) is 111 Å². The zero-order valence-corrected chi connectivity index (χ0v) is 16.8. The zero-order valence-electron chi connectivity index (χ0n) is 35.8. The van der Waals surface area contributed by atoms with Gasteiger partial charge in [0.05, 0.1) is 25.1 Å². The number of fused-ring (bicyclic) bond motifs is 1. The van der Waals surface area contributed by atoms with Crippen LogP contribution < -0.4 is 20.3 Å². The fourth-order valence-electron chi connectivity index (χ4n) is 3.13. The molecule has 9 nitrogen and oxygen atoms in total. The number of aromatic nitrogens is 2. The second-order valence-corrected chi connectivity index (χ2v) is 6.65. The molecule has 0 aliphatic carbocycles. The summed E-state index contributed by atoms with van der Waals surface area (Å²) in [6, 6.07) is -1.41. The number of primary amides is 1. The minimum atomic E-state index is -3.90. The van der Waals surface area contributed by atoms with Crippen LogP contribution in [0.1, 0.15) is 71.7 Å². The molecule has 5 rings (SSSR count). The van der Waals surface area contributed by atoms with E-state index >= 15 is 0 Å². The van der Waals surface area contributed by atoms with Gasteiger partial charge >= 0.3 is 0 Å². The minimum absolute atomic E-state index is 0.140. The van der Waals surface area contributed by atoms with Crippen LogP contribution >= 0.6 is 0 Å². The van der Waals surface area contributed by atoms with Crippen LogP contribution in [0.5, 0.6) is 5.75 Å². The maximum atomic E-state index is 14.4. The van der Waals surface area contributed by atoms with E-state index in [4.69, 9.17) is 36.5 Å². The first-order valence-electron chi connectivity index (χ1n) is 18.8. The Morgan fingerprint density at radius 1 is 1.03 bits per heavy atom. The van der Waals surface area contributed by atoms with E-state index in [9.17, 15) is 14.4 Å². The third-order valence-corrected chi connectivity index (χ3v) is 4.66. The molecule has 0 bridgehead atoms. The van der Waals surface area contributed by atoms with Gasteiger partial charge in [-0.3, -0.25) is 14.4 Å². The predicted molar refractivity (Wildman–Crippen MR) is 127 cm³/mol. The quantitative estimate of drug-likeness (QED) is 0.606. The number of carbonyl (C=O) groups excluding carboxylic acids is 3. The van der Waals surface area contributed by atoms with Gasteiger partial charge in [-0.15, -0.1) is 0 Å². The molecule has 0 saturated carbocycles. The van der Waals surface area contributed by atoms with Crippen molar-refractivity contribution in [3.63, 3.8) is 0 Å². The standard InChI is InChI=1S/C25H25N5O4/c1-34-19-11-9-18(10-12-19)30-23-20(22(27-30)24(26)32)13-15-29(25(23)33)17-7-5-16(6-8-17)28-14-3-2-4-21(28)31/h5-12H,2-4,13-15H2,1H3,(H2,26,32)/i1D3,2D2,3D2,4D2,5D,6D,7D,8D,13D2,14D2,15D2. The van der Waals surface area contributed by atoms with Gasteiger partial charge in [-0.2, -0.15) is 5.10 Å². The molecule has 3 amide bonds. The van der Waals surface area contributed by atoms with Crippen LogP contribution in [-0.4, -0.2) is 47.5 Å². The Balaban J connectivity index is 1.78. The van der Waals surface area contributed by atoms with E-state index < -0.39 is 121 Å². The molecule has 2 aliphatic rings. The molecule has 1 aromatic heterocycles. The van der Waals surface area contributed by atoms with Crippen molar-refractivity contribution in [1.29, 1.82) is 0 Å². The Kier molecular flexibility index (Phi) is 2.27. The number of rotatable bonds is 5. The number of methoxy groups -OCH3 is 1. The molecule has 2 aliphatic heterocycles. The first-order valence-corrected chi connectivity index (χ1v) is 9.34. The summed E-state index contributed by atoms with van der Waals surface area (Å²) < 4.78 is 162. The second-order valence-electron chi connectivity index (χ2n) is 6.65. The van der Waals surface area contributed by atoms with Crippen molar-refractivity contribution in [3.05, 3.63) is 65.4 Å². The molecule has 9 heteroatoms. The molecule has 1 saturated heterocycles. The number of anilines is 2. The normalized spacial score (nSPS) is 33.4. The van der Waals surface area contributed by atoms with Gasteiger partial charge in [-0.1, -0.05) is 0 Å². The third kappa shape index (κ3) is 3.68. The second kappa shape index (κ2) is 8.66. The summed E-state index contributed by atoms with van der Waals surface area (Å²) >= 11 is 0. The van der Waals surface area contributed by atoms with E-state index in [1.165, 1.54) is 0 Å². The van der Waals surface area contributed by atoms with Crippen molar-refractivity contribution < 1.29 is 45.2 Å². The molecule has 174 valence electrons. The summed E-state index contributed by atoms with van der Waals surface area (Å²) in [6.45, 7) is -7.62. The van der Waals surface area contributed by atoms with Crippen molar-refractivity contribution in [3.8, 4) is 11.4 Å². The van der Waals surface area contributed by atoms with Crippen molar-refractivity contribution in [2.24, 2.45) is 5.73 Å². The van der Waals surface area contributed by atoms with Crippen molar-refractivity contribution in [1.82, 2.24) is 9.78 Å². The van der Waals surface area contributed by atoms with Gasteiger partial charge in [0.1, 0.15) is 11.4 Å². The highest BCUT2D eigenvalue weighted by molar-refractivity contribution is 6.09. The van der Waals surface area contributed by atoms with Crippen LogP contribution in [0.3, 0.4) is 0 Å². The molecule has 1 fully saturated rings. The summed E-state index contributed by atoms with van der Waals surface area (Å²) in [4.78, 5) is 39.6. The Morgan fingerprint density at radius 2 is 1.74 bits per heavy atom. The maximum absolute atomic E-state index is 14.4. The summed E-state index contributed by atoms with van der Waals surface area (Å²) in [5.41, 5.74) is -0.329. The van der Waals surface area contributed by atoms with Crippen molar-refractivity contribution in [2.45, 2.75) is 25.5 Å². The van der Waals surface area contributed by atoms with Crippen LogP contribution in [0, 0.1) is 0 Å². The Morgan fingerprint density at radius 3 is 2.41 bits per heavy atom. The highest BCUT2D eigenvalue weighted by Gasteiger charge is 2.34. The first-order chi connectivity index (χ1) is 23.8. The van der Waals surface area contributed by atoms with Gasteiger partial charge in [-0.25, -0.2) is 4.68 Å². The molecule has 0 unspecified atom stereocenters. The number of amides is 3. The van der Waals surface area contributed by atoms with Crippen LogP contribution in [0.25, 0.3) is 5.69 Å². The first kappa shape index (κ1) is 8.90. The van der Waals surface area contributed by atoms with Crippen molar-refractivity contribution in [2.75, 3.05) is 29.8 Å². The van der Waals surface area contributed by atoms with E-state index in [-0.39, 0.29) is 16.3 Å². The predicted octanol–water partition coefficient (Wildman–Crippen LogP) is 2.70. The van der Waals surface area contributed by atoms with Gasteiger partial charge < -0.3 is 20.3 Å². The molecule has 2 N–H and O–H groups in total. The van der Waals surface area contributed by atoms with Gasteiger partial charge in [-0.05, 0) is 67.6 Å². The minimum Gasteiger partial charge on any atom is -0.497 e. The Bertz CT molecular complexity index is 2070. The lowest BCUT2D eigenvalue weighted by Crippen LogP contribution is -2.39. The smallest absolute Gasteiger partial charge is 0.277 e. The molecular formula is C25H25N5O4. The highest BCUT2D eigenvalue weighted by Crippen LogP contribution is 2.31. The molecular weight excluding hydrogens is 434 g/mol. The number of ether oxygens (including phenoxy) is 1. The van der Waals surface area contributed by atoms with E-state index in [1.807, 2.05) is 0 Å². The zero-order chi connectivity index (χ0) is 40.6. The third-order valence-electron chi connectivity index (χ3n) is 4.66.